The highest BCUT2D eigenvalue weighted by Gasteiger charge is 2.18. The van der Waals surface area contributed by atoms with Gasteiger partial charge in [0.2, 0.25) is 0 Å². The molecule has 0 bridgehead atoms. The molecular weight excluding hydrogens is 434 g/mol. The molecule has 4 aromatic rings. The summed E-state index contributed by atoms with van der Waals surface area (Å²) in [4.78, 5) is 15.8. The fourth-order valence-corrected chi connectivity index (χ4v) is 3.61. The summed E-state index contributed by atoms with van der Waals surface area (Å²) in [6, 6.07) is 23.1. The standard InChI is InChI=1S/C27H24F2N4O/c1-18(20-6-5-7-23(29)14-20)25-15-21(17-31-16-19-10-12-22(28)13-11-19)27(34)32-26(25)33(30)24-8-3-2-4-9-24/h2-15,31H,1,16-17,30H2,(H,32,34). The molecule has 7 heteroatoms. The van der Waals surface area contributed by atoms with Gasteiger partial charge < -0.3 is 10.3 Å². The summed E-state index contributed by atoms with van der Waals surface area (Å²) >= 11 is 0. The van der Waals surface area contributed by atoms with Gasteiger partial charge in [-0.15, -0.1) is 0 Å². The largest absolute Gasteiger partial charge is 0.308 e. The summed E-state index contributed by atoms with van der Waals surface area (Å²) in [6.07, 6.45) is 0. The Hall–Kier alpha value is -4.07. The van der Waals surface area contributed by atoms with Gasteiger partial charge in [-0.25, -0.2) is 14.6 Å². The molecule has 3 aromatic carbocycles. The Morgan fingerprint density at radius 3 is 2.35 bits per heavy atom. The van der Waals surface area contributed by atoms with E-state index in [0.717, 1.165) is 5.56 Å². The highest BCUT2D eigenvalue weighted by atomic mass is 19.1. The minimum atomic E-state index is -0.390. The predicted molar refractivity (Wildman–Crippen MR) is 131 cm³/mol. The number of nitrogens with zero attached hydrogens (tertiary/aromatic N) is 1. The third-order valence-electron chi connectivity index (χ3n) is 5.43. The number of hydrogen-bond donors (Lipinski definition) is 3. The highest BCUT2D eigenvalue weighted by Crippen LogP contribution is 2.31. The number of aromatic nitrogens is 1. The molecule has 0 saturated carbocycles. The Morgan fingerprint density at radius 2 is 1.65 bits per heavy atom. The Bertz CT molecular complexity index is 1350. The Morgan fingerprint density at radius 1 is 0.912 bits per heavy atom. The molecule has 0 aliphatic rings. The second-order valence-electron chi connectivity index (χ2n) is 7.81. The molecule has 34 heavy (non-hydrogen) atoms. The number of anilines is 2. The normalized spacial score (nSPS) is 10.8. The lowest BCUT2D eigenvalue weighted by atomic mass is 9.98. The lowest BCUT2D eigenvalue weighted by molar-refractivity contribution is 0.624. The van der Waals surface area contributed by atoms with Crippen molar-refractivity contribution in [1.29, 1.82) is 0 Å². The molecule has 0 aliphatic heterocycles. The number of hydrazine groups is 1. The van der Waals surface area contributed by atoms with E-state index >= 15 is 0 Å². The van der Waals surface area contributed by atoms with Crippen molar-refractivity contribution in [1.82, 2.24) is 10.3 Å². The van der Waals surface area contributed by atoms with Gasteiger partial charge in [-0.2, -0.15) is 0 Å². The number of nitrogens with two attached hydrogens (primary N) is 1. The fourth-order valence-electron chi connectivity index (χ4n) is 3.61. The first-order valence-corrected chi connectivity index (χ1v) is 10.7. The van der Waals surface area contributed by atoms with E-state index in [1.165, 1.54) is 29.3 Å². The van der Waals surface area contributed by atoms with Gasteiger partial charge in [0, 0.05) is 24.2 Å². The number of benzene rings is 3. The average molecular weight is 459 g/mol. The average Bonchev–Trinajstić information content (AvgIpc) is 2.85. The van der Waals surface area contributed by atoms with Crippen LogP contribution in [0, 0.1) is 11.6 Å². The lowest BCUT2D eigenvalue weighted by Gasteiger charge is -2.23. The van der Waals surface area contributed by atoms with Crippen LogP contribution in [0.5, 0.6) is 0 Å². The maximum absolute atomic E-state index is 13.9. The summed E-state index contributed by atoms with van der Waals surface area (Å²) in [5.41, 5.74) is 3.33. The van der Waals surface area contributed by atoms with Crippen LogP contribution in [0.25, 0.3) is 5.57 Å². The molecule has 0 spiro atoms. The number of hydrogen-bond acceptors (Lipinski definition) is 4. The summed E-state index contributed by atoms with van der Waals surface area (Å²) in [6.45, 7) is 4.86. The van der Waals surface area contributed by atoms with Gasteiger partial charge in [0.15, 0.2) is 0 Å². The van der Waals surface area contributed by atoms with Crippen molar-refractivity contribution < 1.29 is 8.78 Å². The van der Waals surface area contributed by atoms with Crippen LogP contribution in [0.2, 0.25) is 0 Å². The van der Waals surface area contributed by atoms with Gasteiger partial charge in [0.1, 0.15) is 17.5 Å². The SMILES string of the molecule is C=C(c1cccc(F)c1)c1cc(CNCc2ccc(F)cc2)c(=O)[nH]c1N(N)c1ccccc1. The van der Waals surface area contributed by atoms with Crippen LogP contribution in [0.4, 0.5) is 20.3 Å². The summed E-state index contributed by atoms with van der Waals surface area (Å²) in [5.74, 6) is 6.02. The number of halogens is 2. The second kappa shape index (κ2) is 10.2. The molecule has 5 nitrogen and oxygen atoms in total. The lowest BCUT2D eigenvalue weighted by Crippen LogP contribution is -2.31. The number of aromatic amines is 1. The van der Waals surface area contributed by atoms with Gasteiger partial charge in [-0.1, -0.05) is 49.0 Å². The van der Waals surface area contributed by atoms with Crippen molar-refractivity contribution in [2.75, 3.05) is 5.01 Å². The van der Waals surface area contributed by atoms with Crippen molar-refractivity contribution in [3.63, 3.8) is 0 Å². The van der Waals surface area contributed by atoms with Gasteiger partial charge >= 0.3 is 0 Å². The zero-order valence-electron chi connectivity index (χ0n) is 18.4. The molecule has 0 unspecified atom stereocenters. The van der Waals surface area contributed by atoms with E-state index in [9.17, 15) is 13.6 Å². The van der Waals surface area contributed by atoms with Crippen molar-refractivity contribution in [2.24, 2.45) is 5.84 Å². The van der Waals surface area contributed by atoms with Gasteiger partial charge in [-0.3, -0.25) is 9.80 Å². The molecule has 172 valence electrons. The van der Waals surface area contributed by atoms with Crippen LogP contribution in [0.15, 0.2) is 96.3 Å². The maximum atomic E-state index is 13.9. The Labute approximate surface area is 196 Å². The molecule has 0 radical (unpaired) electrons. The van der Waals surface area contributed by atoms with Crippen LogP contribution in [-0.2, 0) is 13.1 Å². The molecule has 0 aliphatic carbocycles. The van der Waals surface area contributed by atoms with Crippen LogP contribution in [0.1, 0.15) is 22.3 Å². The molecule has 4 rings (SSSR count). The molecule has 1 aromatic heterocycles. The van der Waals surface area contributed by atoms with Crippen LogP contribution < -0.4 is 21.7 Å². The van der Waals surface area contributed by atoms with E-state index < -0.39 is 5.82 Å². The summed E-state index contributed by atoms with van der Waals surface area (Å²) < 4.78 is 27.0. The Kier molecular flexibility index (Phi) is 6.96. The molecular formula is C27H24F2N4O. The van der Waals surface area contributed by atoms with E-state index in [0.29, 0.717) is 40.3 Å². The molecule has 0 amide bonds. The number of H-pyrrole nitrogens is 1. The highest BCUT2D eigenvalue weighted by molar-refractivity contribution is 5.85. The molecule has 4 N–H and O–H groups in total. The zero-order valence-corrected chi connectivity index (χ0v) is 18.4. The predicted octanol–water partition coefficient (Wildman–Crippen LogP) is 5.02. The fraction of sp³-hybridized carbons (Fsp3) is 0.0741. The third kappa shape index (κ3) is 5.28. The topological polar surface area (TPSA) is 74.2 Å². The number of nitrogens with one attached hydrogen (secondary N) is 2. The third-order valence-corrected chi connectivity index (χ3v) is 5.43. The monoisotopic (exact) mass is 458 g/mol. The quantitative estimate of drug-likeness (QED) is 0.256. The van der Waals surface area contributed by atoms with Crippen molar-refractivity contribution >= 4 is 17.1 Å². The Balaban J connectivity index is 1.68. The molecule has 1 heterocycles. The first kappa shape index (κ1) is 23.1. The van der Waals surface area contributed by atoms with Gasteiger partial charge in [-0.05, 0) is 59.2 Å². The second-order valence-corrected chi connectivity index (χ2v) is 7.81. The minimum absolute atomic E-state index is 0.256. The van der Waals surface area contributed by atoms with Crippen molar-refractivity contribution in [3.05, 3.63) is 136 Å². The van der Waals surface area contributed by atoms with Crippen LogP contribution in [0.3, 0.4) is 0 Å². The summed E-state index contributed by atoms with van der Waals surface area (Å²) in [5, 5.41) is 4.57. The first-order valence-electron chi connectivity index (χ1n) is 10.7. The van der Waals surface area contributed by atoms with E-state index in [1.54, 1.807) is 30.3 Å². The van der Waals surface area contributed by atoms with E-state index in [-0.39, 0.29) is 17.9 Å². The van der Waals surface area contributed by atoms with Crippen molar-refractivity contribution in [2.45, 2.75) is 13.1 Å². The first-order chi connectivity index (χ1) is 16.4. The number of rotatable bonds is 8. The van der Waals surface area contributed by atoms with Crippen molar-refractivity contribution in [3.8, 4) is 0 Å². The smallest absolute Gasteiger partial charge is 0.254 e. The molecule has 0 fully saturated rings. The number of para-hydroxylation sites is 1. The molecule has 0 atom stereocenters. The van der Waals surface area contributed by atoms with E-state index in [2.05, 4.69) is 16.9 Å². The molecule has 0 saturated heterocycles. The summed E-state index contributed by atoms with van der Waals surface area (Å²) in [7, 11) is 0. The van der Waals surface area contributed by atoms with Crippen LogP contribution in [-0.4, -0.2) is 4.98 Å². The van der Waals surface area contributed by atoms with Gasteiger partial charge in [0.05, 0.1) is 5.69 Å². The minimum Gasteiger partial charge on any atom is -0.308 e. The maximum Gasteiger partial charge on any atom is 0.254 e. The van der Waals surface area contributed by atoms with E-state index in [4.69, 9.17) is 5.84 Å². The number of pyridine rings is 1. The van der Waals surface area contributed by atoms with Crippen LogP contribution >= 0.6 is 0 Å². The zero-order chi connectivity index (χ0) is 24.1. The van der Waals surface area contributed by atoms with Gasteiger partial charge in [0.25, 0.3) is 5.56 Å². The van der Waals surface area contributed by atoms with E-state index in [1.807, 2.05) is 30.3 Å².